The minimum atomic E-state index is -1.25. The number of ether oxygens (including phenoxy) is 1. The fourth-order valence-corrected chi connectivity index (χ4v) is 1.75. The third kappa shape index (κ3) is 3.36. The Morgan fingerprint density at radius 1 is 1.65 bits per heavy atom. The van der Waals surface area contributed by atoms with Gasteiger partial charge in [-0.25, -0.2) is 0 Å². The minimum absolute atomic E-state index is 0.0461. The van der Waals surface area contributed by atoms with Gasteiger partial charge in [0, 0.05) is 11.8 Å². The lowest BCUT2D eigenvalue weighted by Gasteiger charge is -2.20. The molecule has 0 bridgehead atoms. The molecule has 0 radical (unpaired) electrons. The van der Waals surface area contributed by atoms with Crippen LogP contribution in [0.15, 0.2) is 30.9 Å². The van der Waals surface area contributed by atoms with E-state index in [1.807, 2.05) is 0 Å². The van der Waals surface area contributed by atoms with E-state index >= 15 is 0 Å². The van der Waals surface area contributed by atoms with E-state index in [0.717, 1.165) is 0 Å². The maximum Gasteiger partial charge on any atom is 0.262 e. The topological polar surface area (TPSA) is 87.7 Å². The van der Waals surface area contributed by atoms with Crippen LogP contribution in [0.2, 0.25) is 0 Å². The van der Waals surface area contributed by atoms with Gasteiger partial charge in [-0.05, 0) is 19.1 Å². The predicted molar refractivity (Wildman–Crippen MR) is 74.6 cm³/mol. The number of aliphatic hydroxyl groups is 1. The summed E-state index contributed by atoms with van der Waals surface area (Å²) in [6, 6.07) is 4.91. The number of hydrogen-bond donors (Lipinski definition) is 3. The molecule has 3 N–H and O–H groups in total. The van der Waals surface area contributed by atoms with Crippen molar-refractivity contribution in [2.75, 3.05) is 17.2 Å². The number of carbonyl (C=O) groups is 2. The molecule has 1 atom stereocenters. The largest absolute Gasteiger partial charge is 0.482 e. The minimum Gasteiger partial charge on any atom is -0.482 e. The van der Waals surface area contributed by atoms with Crippen LogP contribution >= 0.6 is 0 Å². The first-order valence-corrected chi connectivity index (χ1v) is 6.12. The maximum atomic E-state index is 11.8. The molecule has 1 aliphatic heterocycles. The van der Waals surface area contributed by atoms with Crippen molar-refractivity contribution in [3.63, 3.8) is 0 Å². The molecule has 0 aromatic heterocycles. The molecular weight excluding hydrogens is 260 g/mol. The molecule has 0 fully saturated rings. The number of anilines is 2. The number of carbonyl (C=O) groups excluding carboxylic acids is 2. The quantitative estimate of drug-likeness (QED) is 0.723. The molecule has 6 heteroatoms. The van der Waals surface area contributed by atoms with E-state index in [1.165, 1.54) is 13.0 Å². The Kier molecular flexibility index (Phi) is 3.76. The van der Waals surface area contributed by atoms with Gasteiger partial charge in [0.25, 0.3) is 5.91 Å². The molecule has 106 valence electrons. The highest BCUT2D eigenvalue weighted by molar-refractivity contribution is 5.97. The molecule has 0 saturated carbocycles. The first-order valence-electron chi connectivity index (χ1n) is 6.12. The highest BCUT2D eigenvalue weighted by atomic mass is 16.5. The van der Waals surface area contributed by atoms with Crippen LogP contribution in [-0.2, 0) is 9.59 Å². The van der Waals surface area contributed by atoms with Gasteiger partial charge in [0.05, 0.1) is 17.7 Å². The van der Waals surface area contributed by atoms with E-state index in [9.17, 15) is 14.7 Å². The average molecular weight is 276 g/mol. The number of hydrogen-bond acceptors (Lipinski definition) is 4. The summed E-state index contributed by atoms with van der Waals surface area (Å²) in [5.74, 6) is -0.0520. The van der Waals surface area contributed by atoms with Crippen molar-refractivity contribution in [3.05, 3.63) is 30.9 Å². The van der Waals surface area contributed by atoms with Crippen LogP contribution in [0.4, 0.5) is 11.4 Å². The highest BCUT2D eigenvalue weighted by Crippen LogP contribution is 2.30. The van der Waals surface area contributed by atoms with Crippen molar-refractivity contribution in [3.8, 4) is 5.75 Å². The van der Waals surface area contributed by atoms with Crippen molar-refractivity contribution in [1.82, 2.24) is 0 Å². The summed E-state index contributed by atoms with van der Waals surface area (Å²) in [5.41, 5.74) is -0.148. The van der Waals surface area contributed by atoms with Crippen LogP contribution in [0.5, 0.6) is 5.75 Å². The normalized spacial score (nSPS) is 16.2. The number of nitrogens with one attached hydrogen (secondary N) is 2. The molecular formula is C14H16N2O4. The predicted octanol–water partition coefficient (Wildman–Crippen LogP) is 1.28. The fraction of sp³-hybridized carbons (Fsp3) is 0.286. The third-order valence-corrected chi connectivity index (χ3v) is 2.86. The summed E-state index contributed by atoms with van der Waals surface area (Å²) in [6.45, 7) is 4.93. The van der Waals surface area contributed by atoms with Gasteiger partial charge in [-0.2, -0.15) is 0 Å². The average Bonchev–Trinajstić information content (AvgIpc) is 2.38. The second kappa shape index (κ2) is 5.34. The number of rotatable bonds is 4. The lowest BCUT2D eigenvalue weighted by Crippen LogP contribution is -2.28. The van der Waals surface area contributed by atoms with Gasteiger partial charge < -0.3 is 20.5 Å². The van der Waals surface area contributed by atoms with Crippen LogP contribution in [0, 0.1) is 0 Å². The van der Waals surface area contributed by atoms with E-state index in [0.29, 0.717) is 17.1 Å². The van der Waals surface area contributed by atoms with Crippen LogP contribution < -0.4 is 15.4 Å². The van der Waals surface area contributed by atoms with Crippen LogP contribution in [0.25, 0.3) is 0 Å². The van der Waals surface area contributed by atoms with Gasteiger partial charge in [-0.3, -0.25) is 9.59 Å². The number of fused-ring (bicyclic) bond motifs is 1. The Bertz CT molecular complexity index is 566. The summed E-state index contributed by atoms with van der Waals surface area (Å²) < 4.78 is 5.25. The van der Waals surface area contributed by atoms with Crippen molar-refractivity contribution < 1.29 is 19.4 Å². The monoisotopic (exact) mass is 276 g/mol. The Hall–Kier alpha value is -2.34. The summed E-state index contributed by atoms with van der Waals surface area (Å²) >= 11 is 0. The van der Waals surface area contributed by atoms with Gasteiger partial charge >= 0.3 is 0 Å². The van der Waals surface area contributed by atoms with Crippen molar-refractivity contribution in [1.29, 1.82) is 0 Å². The smallest absolute Gasteiger partial charge is 0.262 e. The molecule has 6 nitrogen and oxygen atoms in total. The number of benzene rings is 1. The molecule has 0 spiro atoms. The third-order valence-electron chi connectivity index (χ3n) is 2.86. The van der Waals surface area contributed by atoms with E-state index in [1.54, 1.807) is 18.2 Å². The summed E-state index contributed by atoms with van der Waals surface area (Å²) in [6.07, 6.45) is 1.23. The molecule has 1 aromatic rings. The van der Waals surface area contributed by atoms with Gasteiger partial charge in [0.1, 0.15) is 5.75 Å². The summed E-state index contributed by atoms with van der Waals surface area (Å²) in [7, 11) is 0. The molecule has 0 aliphatic carbocycles. The Morgan fingerprint density at radius 3 is 3.10 bits per heavy atom. The highest BCUT2D eigenvalue weighted by Gasteiger charge is 2.21. The lowest BCUT2D eigenvalue weighted by molar-refractivity contribution is -0.119. The summed E-state index contributed by atoms with van der Waals surface area (Å²) in [4.78, 5) is 22.9. The van der Waals surface area contributed by atoms with Gasteiger partial charge in [0.2, 0.25) is 5.91 Å². The maximum absolute atomic E-state index is 11.8. The zero-order valence-corrected chi connectivity index (χ0v) is 11.1. The second-order valence-electron chi connectivity index (χ2n) is 4.83. The molecule has 20 heavy (non-hydrogen) atoms. The Morgan fingerprint density at radius 2 is 2.40 bits per heavy atom. The second-order valence-corrected chi connectivity index (χ2v) is 4.83. The van der Waals surface area contributed by atoms with Gasteiger partial charge in [0.15, 0.2) is 6.61 Å². The zero-order chi connectivity index (χ0) is 14.8. The standard InChI is InChI=1S/C14H16N2O4/c1-3-14(2,19)7-12(17)15-9-4-5-10-11(6-9)20-8-13(18)16-10/h3-6,19H,1,7-8H2,2H3,(H,15,17)(H,16,18)/t14-/m1/s1. The molecule has 1 aliphatic rings. The summed E-state index contributed by atoms with van der Waals surface area (Å²) in [5, 5.41) is 15.1. The first-order chi connectivity index (χ1) is 9.39. The molecule has 1 heterocycles. The molecule has 2 rings (SSSR count). The van der Waals surface area contributed by atoms with Gasteiger partial charge in [-0.15, -0.1) is 6.58 Å². The van der Waals surface area contributed by atoms with E-state index in [2.05, 4.69) is 17.2 Å². The molecule has 0 unspecified atom stereocenters. The molecule has 2 amide bonds. The van der Waals surface area contributed by atoms with Crippen molar-refractivity contribution in [2.45, 2.75) is 18.9 Å². The van der Waals surface area contributed by atoms with Crippen molar-refractivity contribution in [2.24, 2.45) is 0 Å². The zero-order valence-electron chi connectivity index (χ0n) is 11.1. The SMILES string of the molecule is C=C[C@@](C)(O)CC(=O)Nc1ccc2c(c1)OCC(=O)N2. The van der Waals surface area contributed by atoms with Crippen molar-refractivity contribution >= 4 is 23.2 Å². The Balaban J connectivity index is 2.06. The van der Waals surface area contributed by atoms with Crippen LogP contribution in [-0.4, -0.2) is 29.1 Å². The van der Waals surface area contributed by atoms with Crippen LogP contribution in [0.1, 0.15) is 13.3 Å². The lowest BCUT2D eigenvalue weighted by atomic mass is 10.0. The van der Waals surface area contributed by atoms with E-state index < -0.39 is 5.60 Å². The number of amides is 2. The molecule has 1 aromatic carbocycles. The van der Waals surface area contributed by atoms with E-state index in [-0.39, 0.29) is 24.8 Å². The fourth-order valence-electron chi connectivity index (χ4n) is 1.75. The van der Waals surface area contributed by atoms with E-state index in [4.69, 9.17) is 4.74 Å². The first kappa shape index (κ1) is 14.1. The van der Waals surface area contributed by atoms with Gasteiger partial charge in [-0.1, -0.05) is 6.08 Å². The Labute approximate surface area is 116 Å². The van der Waals surface area contributed by atoms with Crippen LogP contribution in [0.3, 0.4) is 0 Å². The molecule has 0 saturated heterocycles.